The van der Waals surface area contributed by atoms with Crippen LogP contribution in [0.5, 0.6) is 0 Å². The Labute approximate surface area is 279 Å². The molecule has 0 aliphatic rings. The highest BCUT2D eigenvalue weighted by Crippen LogP contribution is 2.12. The summed E-state index contributed by atoms with van der Waals surface area (Å²) in [6, 6.07) is -0.737. The van der Waals surface area contributed by atoms with Gasteiger partial charge in [-0.1, -0.05) is 126 Å². The van der Waals surface area contributed by atoms with Gasteiger partial charge in [-0.25, -0.2) is 0 Å². The molecule has 0 bridgehead atoms. The van der Waals surface area contributed by atoms with Crippen LogP contribution < -0.4 is 5.11 Å². The number of rotatable bonds is 29. The van der Waals surface area contributed by atoms with Crippen molar-refractivity contribution < 1.29 is 38.2 Å². The van der Waals surface area contributed by atoms with Crippen LogP contribution in [0.15, 0.2) is 60.8 Å². The van der Waals surface area contributed by atoms with E-state index in [2.05, 4.69) is 19.9 Å². The average molecular weight is 646 g/mol. The number of hydrogen-bond acceptors (Lipinski definition) is 7. The molecular formula is C38H63NO7. The van der Waals surface area contributed by atoms with Crippen molar-refractivity contribution in [1.82, 2.24) is 0 Å². The van der Waals surface area contributed by atoms with Crippen molar-refractivity contribution in [2.24, 2.45) is 0 Å². The molecule has 46 heavy (non-hydrogen) atoms. The number of ether oxygens (including phenoxy) is 3. The van der Waals surface area contributed by atoms with Gasteiger partial charge in [0.25, 0.3) is 0 Å². The third kappa shape index (κ3) is 27.3. The van der Waals surface area contributed by atoms with Crippen LogP contribution in [0.2, 0.25) is 0 Å². The first-order valence-electron chi connectivity index (χ1n) is 17.4. The maximum atomic E-state index is 12.6. The van der Waals surface area contributed by atoms with Crippen molar-refractivity contribution in [3.8, 4) is 0 Å². The van der Waals surface area contributed by atoms with Gasteiger partial charge in [-0.15, -0.1) is 0 Å². The van der Waals surface area contributed by atoms with E-state index in [1.807, 2.05) is 54.7 Å². The minimum Gasteiger partial charge on any atom is -0.544 e. The van der Waals surface area contributed by atoms with Crippen LogP contribution in [0.3, 0.4) is 0 Å². The summed E-state index contributed by atoms with van der Waals surface area (Å²) in [5.74, 6) is -1.85. The molecule has 0 rings (SSSR count). The zero-order valence-electron chi connectivity index (χ0n) is 29.5. The predicted molar refractivity (Wildman–Crippen MR) is 185 cm³/mol. The lowest BCUT2D eigenvalue weighted by Crippen LogP contribution is -2.55. The molecule has 8 heteroatoms. The van der Waals surface area contributed by atoms with Gasteiger partial charge in [0.15, 0.2) is 6.10 Å². The number of quaternary nitrogens is 1. The van der Waals surface area contributed by atoms with E-state index in [1.54, 1.807) is 21.1 Å². The summed E-state index contributed by atoms with van der Waals surface area (Å²) in [4.78, 5) is 36.4. The Morgan fingerprint density at radius 3 is 1.78 bits per heavy atom. The zero-order chi connectivity index (χ0) is 34.3. The van der Waals surface area contributed by atoms with Crippen LogP contribution in [0.4, 0.5) is 0 Å². The van der Waals surface area contributed by atoms with Crippen molar-refractivity contribution in [3.05, 3.63) is 60.8 Å². The van der Waals surface area contributed by atoms with Crippen LogP contribution in [0.1, 0.15) is 110 Å². The number of nitrogens with zero attached hydrogens (tertiary/aromatic N) is 1. The van der Waals surface area contributed by atoms with E-state index in [9.17, 15) is 19.5 Å². The lowest BCUT2D eigenvalue weighted by molar-refractivity contribution is -0.889. The number of likely N-dealkylation sites (N-methyl/N-ethyl adjacent to an activating group) is 1. The molecule has 0 aromatic heterocycles. The largest absolute Gasteiger partial charge is 0.544 e. The van der Waals surface area contributed by atoms with Gasteiger partial charge < -0.3 is 28.6 Å². The van der Waals surface area contributed by atoms with Gasteiger partial charge in [0, 0.05) is 19.3 Å². The smallest absolute Gasteiger partial charge is 0.306 e. The topological polar surface area (TPSA) is 102 Å². The molecule has 0 aliphatic carbocycles. The number of allylic oxidation sites excluding steroid dienone is 10. The molecule has 0 spiro atoms. The Hall–Kier alpha value is -2.97. The van der Waals surface area contributed by atoms with Gasteiger partial charge in [-0.2, -0.15) is 0 Å². The normalized spacial score (nSPS) is 13.8. The first-order chi connectivity index (χ1) is 22.1. The van der Waals surface area contributed by atoms with E-state index in [-0.39, 0.29) is 43.1 Å². The Morgan fingerprint density at radius 2 is 1.22 bits per heavy atom. The average Bonchev–Trinajstić information content (AvgIpc) is 3.00. The summed E-state index contributed by atoms with van der Waals surface area (Å²) in [6.07, 6.45) is 32.6. The number of carboxylic acids is 1. The molecule has 0 aromatic rings. The van der Waals surface area contributed by atoms with E-state index in [4.69, 9.17) is 14.2 Å². The Bertz CT molecular complexity index is 943. The fraction of sp³-hybridized carbons (Fsp3) is 0.658. The number of hydrogen-bond donors (Lipinski definition) is 0. The monoisotopic (exact) mass is 645 g/mol. The van der Waals surface area contributed by atoms with Gasteiger partial charge >= 0.3 is 11.9 Å². The Balaban J connectivity index is 4.64. The second-order valence-electron chi connectivity index (χ2n) is 12.5. The van der Waals surface area contributed by atoms with Gasteiger partial charge in [0.2, 0.25) is 0 Å². The highest BCUT2D eigenvalue weighted by atomic mass is 16.6. The maximum Gasteiger partial charge on any atom is 0.306 e. The molecule has 0 heterocycles. The molecule has 0 aromatic carbocycles. The molecule has 0 radical (unpaired) electrons. The van der Waals surface area contributed by atoms with Gasteiger partial charge in [0.05, 0.1) is 40.3 Å². The van der Waals surface area contributed by atoms with Crippen LogP contribution in [0.25, 0.3) is 0 Å². The van der Waals surface area contributed by atoms with Crippen molar-refractivity contribution >= 4 is 17.9 Å². The van der Waals surface area contributed by atoms with E-state index >= 15 is 0 Å². The number of aliphatic carboxylic acids is 1. The zero-order valence-corrected chi connectivity index (χ0v) is 29.5. The van der Waals surface area contributed by atoms with Crippen molar-refractivity contribution in [3.63, 3.8) is 0 Å². The number of carbonyl (C=O) groups excluding carboxylic acids is 3. The number of esters is 2. The van der Waals surface area contributed by atoms with Crippen LogP contribution >= 0.6 is 0 Å². The molecule has 8 nitrogen and oxygen atoms in total. The number of carbonyl (C=O) groups is 3. The van der Waals surface area contributed by atoms with E-state index in [0.29, 0.717) is 12.8 Å². The summed E-state index contributed by atoms with van der Waals surface area (Å²) in [5.41, 5.74) is 0. The summed E-state index contributed by atoms with van der Waals surface area (Å²) in [6.45, 7) is 4.37. The summed E-state index contributed by atoms with van der Waals surface area (Å²) in [7, 11) is 5.35. The highest BCUT2D eigenvalue weighted by Gasteiger charge is 2.25. The van der Waals surface area contributed by atoms with Gasteiger partial charge in [0.1, 0.15) is 12.6 Å². The summed E-state index contributed by atoms with van der Waals surface area (Å²) >= 11 is 0. The molecule has 0 saturated carbocycles. The van der Waals surface area contributed by atoms with Crippen LogP contribution in [0, 0.1) is 0 Å². The summed E-state index contributed by atoms with van der Waals surface area (Å²) in [5, 5.41) is 11.5. The lowest BCUT2D eigenvalue weighted by atomic mass is 10.1. The summed E-state index contributed by atoms with van der Waals surface area (Å²) < 4.78 is 16.9. The van der Waals surface area contributed by atoms with E-state index < -0.39 is 24.1 Å². The predicted octanol–water partition coefficient (Wildman–Crippen LogP) is 6.96. The fourth-order valence-corrected chi connectivity index (χ4v) is 4.57. The SMILES string of the molecule is CC/C=C/C=C/C=C/C=C/C=C/CCCC(=O)OC(COCCC(C(=O)[O-])[N+](C)(C)C)COC(=O)CCCCCCCCCCC. The molecule has 0 fully saturated rings. The number of carboxylic acid groups (broad SMARTS) is 1. The molecule has 2 atom stereocenters. The highest BCUT2D eigenvalue weighted by molar-refractivity contribution is 5.70. The van der Waals surface area contributed by atoms with Gasteiger partial charge in [-0.3, -0.25) is 9.59 Å². The Kier molecular flexibility index (Phi) is 27.5. The first kappa shape index (κ1) is 43.0. The van der Waals surface area contributed by atoms with Crippen molar-refractivity contribution in [2.75, 3.05) is 41.0 Å². The number of unbranched alkanes of at least 4 members (excludes halogenated alkanes) is 9. The minimum atomic E-state index is -1.14. The van der Waals surface area contributed by atoms with Crippen molar-refractivity contribution in [1.29, 1.82) is 0 Å². The second kappa shape index (κ2) is 29.4. The lowest BCUT2D eigenvalue weighted by Gasteiger charge is -2.34. The molecule has 0 N–H and O–H groups in total. The van der Waals surface area contributed by atoms with Crippen LogP contribution in [-0.2, 0) is 28.6 Å². The second-order valence-corrected chi connectivity index (χ2v) is 12.5. The van der Waals surface area contributed by atoms with E-state index in [1.165, 1.54) is 38.5 Å². The third-order valence-electron chi connectivity index (χ3n) is 7.30. The van der Waals surface area contributed by atoms with Crippen molar-refractivity contribution in [2.45, 2.75) is 122 Å². The van der Waals surface area contributed by atoms with Gasteiger partial charge in [-0.05, 0) is 25.7 Å². The fourth-order valence-electron chi connectivity index (χ4n) is 4.57. The van der Waals surface area contributed by atoms with E-state index in [0.717, 1.165) is 32.1 Å². The molecular weight excluding hydrogens is 582 g/mol. The molecule has 0 aliphatic heterocycles. The first-order valence-corrected chi connectivity index (χ1v) is 17.4. The molecule has 262 valence electrons. The quantitative estimate of drug-likeness (QED) is 0.0375. The Morgan fingerprint density at radius 1 is 0.674 bits per heavy atom. The maximum absolute atomic E-state index is 12.6. The molecule has 2 unspecified atom stereocenters. The van der Waals surface area contributed by atoms with Crippen LogP contribution in [-0.4, -0.2) is 75.5 Å². The standard InChI is InChI=1S/C38H63NO7/c1-6-8-10-12-14-16-17-18-19-21-23-25-27-29-37(41)46-34(32-44-31-30-35(38(42)43)39(3,4)5)33-45-36(40)28-26-24-22-20-15-13-11-9-7-2/h8,10,12,14,16-19,21,23,34-35H,6-7,9,11,13,15,20,22,24-33H2,1-5H3/b10-8+,14-12+,17-16+,19-18+,23-21+. The molecule has 0 saturated heterocycles. The third-order valence-corrected chi connectivity index (χ3v) is 7.30. The molecule has 0 amide bonds. The minimum absolute atomic E-state index is 0.0102.